The van der Waals surface area contributed by atoms with E-state index in [1.165, 1.54) is 12.8 Å². The first-order valence-corrected chi connectivity index (χ1v) is 14.2. The third-order valence-corrected chi connectivity index (χ3v) is 11.5. The molecular weight excluding hydrogens is 428 g/mol. The van der Waals surface area contributed by atoms with Crippen LogP contribution in [0.5, 0.6) is 0 Å². The molecule has 4 saturated carbocycles. The summed E-state index contributed by atoms with van der Waals surface area (Å²) in [5.41, 5.74) is -0.830. The number of carbonyl (C=O) groups is 1. The fourth-order valence-corrected chi connectivity index (χ4v) is 10.4. The summed E-state index contributed by atoms with van der Waals surface area (Å²) in [4.78, 5) is 12.1. The Morgan fingerprint density at radius 1 is 1.03 bits per heavy atom. The van der Waals surface area contributed by atoms with Gasteiger partial charge in [0.15, 0.2) is 6.21 Å². The molecule has 0 aromatic rings. The number of rotatable bonds is 7. The molecule has 0 unspecified atom stereocenters. The topological polar surface area (TPSA) is 96.3 Å². The third-order valence-electron chi connectivity index (χ3n) is 9.41. The van der Waals surface area contributed by atoms with Crippen molar-refractivity contribution in [3.05, 3.63) is 0 Å². The van der Waals surface area contributed by atoms with Crippen LogP contribution in [0.2, 0.25) is 0 Å². The molecule has 4 fully saturated rings. The summed E-state index contributed by atoms with van der Waals surface area (Å²) >= 11 is 0. The zero-order valence-electron chi connectivity index (χ0n) is 19.7. The van der Waals surface area contributed by atoms with E-state index in [2.05, 4.69) is 19.0 Å². The smallest absolute Gasteiger partial charge is 0.353 e. The first kappa shape index (κ1) is 24.0. The van der Waals surface area contributed by atoms with Crippen LogP contribution in [-0.4, -0.2) is 54.1 Å². The molecule has 0 spiro atoms. The van der Waals surface area contributed by atoms with Gasteiger partial charge in [-0.3, -0.25) is 0 Å². The number of fused-ring (bicyclic) bond motifs is 2. The van der Waals surface area contributed by atoms with Gasteiger partial charge in [0.25, 0.3) is 0 Å². The van der Waals surface area contributed by atoms with Gasteiger partial charge in [0.05, 0.1) is 5.75 Å². The van der Waals surface area contributed by atoms with Gasteiger partial charge in [-0.1, -0.05) is 57.5 Å². The molecule has 0 saturated heterocycles. The Balaban J connectivity index is 1.65. The van der Waals surface area contributed by atoms with Gasteiger partial charge in [0.1, 0.15) is 6.10 Å². The van der Waals surface area contributed by atoms with Gasteiger partial charge in [0.2, 0.25) is 10.0 Å². The van der Waals surface area contributed by atoms with Crippen LogP contribution < -0.4 is 0 Å². The van der Waals surface area contributed by atoms with Crippen molar-refractivity contribution in [2.24, 2.45) is 21.9 Å². The van der Waals surface area contributed by atoms with E-state index < -0.39 is 27.5 Å². The number of carbonyl (C=O) groups excluding carboxylic acids is 1. The largest absolute Gasteiger partial charge is 0.457 e. The molecule has 182 valence electrons. The zero-order valence-corrected chi connectivity index (χ0v) is 20.5. The Morgan fingerprint density at radius 3 is 2.09 bits per heavy atom. The molecule has 0 aliphatic heterocycles. The zero-order chi connectivity index (χ0) is 23.0. The molecule has 2 bridgehead atoms. The summed E-state index contributed by atoms with van der Waals surface area (Å²) < 4.78 is 36.1. The lowest BCUT2D eigenvalue weighted by atomic mass is 9.69. The van der Waals surface area contributed by atoms with Crippen molar-refractivity contribution in [2.75, 3.05) is 5.75 Å². The van der Waals surface area contributed by atoms with Crippen molar-refractivity contribution < 1.29 is 23.2 Å². The number of sulfonamides is 1. The molecule has 32 heavy (non-hydrogen) atoms. The summed E-state index contributed by atoms with van der Waals surface area (Å²) in [6.07, 6.45) is 13.3. The highest BCUT2D eigenvalue weighted by atomic mass is 32.2. The van der Waals surface area contributed by atoms with Gasteiger partial charge in [-0.25, -0.2) is 13.2 Å². The predicted octanol–water partition coefficient (Wildman–Crippen LogP) is 4.48. The van der Waals surface area contributed by atoms with Gasteiger partial charge in [-0.05, 0) is 56.3 Å². The van der Waals surface area contributed by atoms with E-state index in [-0.39, 0.29) is 23.3 Å². The average Bonchev–Trinajstić information content (AvgIpc) is 3.10. The summed E-state index contributed by atoms with van der Waals surface area (Å²) in [6.45, 7) is 4.30. The number of nitrogens with zero attached hydrogens (tertiary/aromatic N) is 2. The number of hydrogen-bond acceptors (Lipinski definition) is 6. The maximum Gasteiger partial charge on any atom is 0.353 e. The van der Waals surface area contributed by atoms with Gasteiger partial charge in [-0.2, -0.15) is 4.31 Å². The van der Waals surface area contributed by atoms with Crippen LogP contribution in [0.25, 0.3) is 0 Å². The minimum atomic E-state index is -3.54. The Morgan fingerprint density at radius 2 is 1.59 bits per heavy atom. The van der Waals surface area contributed by atoms with E-state index in [1.54, 1.807) is 0 Å². The SMILES string of the molecule is CC1(C)[C@@H]2CC[C@@]1(CS(=O)(=O)N(C1CCCCC1)C1CCCCC1)[C@H](OC(=O)/C=N/O)C2. The molecule has 0 aromatic carbocycles. The lowest BCUT2D eigenvalue weighted by molar-refractivity contribution is -0.147. The monoisotopic (exact) mass is 468 g/mol. The van der Waals surface area contributed by atoms with Crippen molar-refractivity contribution in [1.82, 2.24) is 4.31 Å². The van der Waals surface area contributed by atoms with E-state index in [1.807, 2.05) is 4.31 Å². The molecule has 4 aliphatic carbocycles. The number of oxime groups is 1. The van der Waals surface area contributed by atoms with Crippen molar-refractivity contribution in [3.8, 4) is 0 Å². The van der Waals surface area contributed by atoms with E-state index in [4.69, 9.17) is 9.94 Å². The Kier molecular flexibility index (Phi) is 6.93. The lowest BCUT2D eigenvalue weighted by Crippen LogP contribution is -2.54. The fraction of sp³-hybridized carbons (Fsp3) is 0.917. The van der Waals surface area contributed by atoms with Gasteiger partial charge in [-0.15, -0.1) is 0 Å². The molecular formula is C24H40N2O5S. The van der Waals surface area contributed by atoms with Gasteiger partial charge < -0.3 is 9.94 Å². The second-order valence-corrected chi connectivity index (χ2v) is 13.1. The molecule has 7 nitrogen and oxygen atoms in total. The maximum absolute atomic E-state index is 14.2. The summed E-state index contributed by atoms with van der Waals surface area (Å²) in [5, 5.41) is 11.5. The van der Waals surface area contributed by atoms with E-state index in [9.17, 15) is 13.2 Å². The molecule has 8 heteroatoms. The van der Waals surface area contributed by atoms with Crippen LogP contribution in [-0.2, 0) is 19.6 Å². The van der Waals surface area contributed by atoms with Crippen molar-refractivity contribution in [3.63, 3.8) is 0 Å². The second-order valence-electron chi connectivity index (χ2n) is 11.2. The van der Waals surface area contributed by atoms with Gasteiger partial charge in [0, 0.05) is 17.5 Å². The lowest BCUT2D eigenvalue weighted by Gasteiger charge is -2.46. The molecule has 4 aliphatic rings. The van der Waals surface area contributed by atoms with E-state index >= 15 is 0 Å². The quantitative estimate of drug-likeness (QED) is 0.257. The molecule has 1 N–H and O–H groups in total. The van der Waals surface area contributed by atoms with Crippen LogP contribution in [0.15, 0.2) is 5.16 Å². The molecule has 3 atom stereocenters. The van der Waals surface area contributed by atoms with Crippen molar-refractivity contribution in [2.45, 2.75) is 116 Å². The van der Waals surface area contributed by atoms with Gasteiger partial charge >= 0.3 is 5.97 Å². The highest BCUT2D eigenvalue weighted by Gasteiger charge is 2.67. The minimum Gasteiger partial charge on any atom is -0.457 e. The van der Waals surface area contributed by atoms with Crippen molar-refractivity contribution in [1.29, 1.82) is 0 Å². The molecule has 0 amide bonds. The first-order valence-electron chi connectivity index (χ1n) is 12.6. The average molecular weight is 469 g/mol. The summed E-state index contributed by atoms with van der Waals surface area (Å²) in [6, 6.07) is 0.218. The molecule has 0 radical (unpaired) electrons. The van der Waals surface area contributed by atoms with Crippen LogP contribution >= 0.6 is 0 Å². The van der Waals surface area contributed by atoms with E-state index in [0.717, 1.165) is 70.4 Å². The Hall–Kier alpha value is -1.15. The normalized spacial score (nSPS) is 33.8. The highest BCUT2D eigenvalue weighted by Crippen LogP contribution is 2.67. The highest BCUT2D eigenvalue weighted by molar-refractivity contribution is 7.89. The molecule has 0 aromatic heterocycles. The number of hydrogen-bond donors (Lipinski definition) is 1. The fourth-order valence-electron chi connectivity index (χ4n) is 7.55. The number of esters is 1. The first-order chi connectivity index (χ1) is 15.2. The third kappa shape index (κ3) is 4.22. The Labute approximate surface area is 193 Å². The van der Waals surface area contributed by atoms with Crippen LogP contribution in [0.1, 0.15) is 97.3 Å². The standard InChI is InChI=1S/C24H40N2O5S/c1-23(2)18-13-14-24(23,21(15-18)31-22(27)16-25-28)17-32(29,30)26(19-9-5-3-6-10-19)20-11-7-4-8-12-20/h16,18-21,28H,3-15,17H2,1-2H3/b25-16+/t18-,21-,24-/m1/s1. The second kappa shape index (κ2) is 9.24. The summed E-state index contributed by atoms with van der Waals surface area (Å²) in [7, 11) is -3.54. The number of ether oxygens (including phenoxy) is 1. The van der Waals surface area contributed by atoms with Crippen LogP contribution in [0.4, 0.5) is 0 Å². The summed E-state index contributed by atoms with van der Waals surface area (Å²) in [5.74, 6) is -0.321. The van der Waals surface area contributed by atoms with Crippen molar-refractivity contribution >= 4 is 22.2 Å². The maximum atomic E-state index is 14.2. The minimum absolute atomic E-state index is 0.0463. The van der Waals surface area contributed by atoms with Crippen LogP contribution in [0.3, 0.4) is 0 Å². The predicted molar refractivity (Wildman–Crippen MR) is 123 cm³/mol. The molecule has 4 rings (SSSR count). The van der Waals surface area contributed by atoms with E-state index in [0.29, 0.717) is 12.3 Å². The molecule has 0 heterocycles. The van der Waals surface area contributed by atoms with Crippen LogP contribution in [0, 0.1) is 16.7 Å². The Bertz CT molecular complexity index is 796.